The van der Waals surface area contributed by atoms with Crippen molar-refractivity contribution < 1.29 is 47.9 Å². The van der Waals surface area contributed by atoms with E-state index >= 15 is 0 Å². The molecule has 4 rings (SSSR count). The third-order valence-electron chi connectivity index (χ3n) is 7.24. The number of methoxy groups -OCH3 is 1. The van der Waals surface area contributed by atoms with E-state index in [2.05, 4.69) is 20.0 Å². The summed E-state index contributed by atoms with van der Waals surface area (Å²) in [6.07, 6.45) is -2.98. The molecule has 0 aromatic carbocycles. The number of esters is 1. The van der Waals surface area contributed by atoms with E-state index in [1.807, 2.05) is 0 Å². The van der Waals surface area contributed by atoms with E-state index in [0.717, 1.165) is 4.90 Å². The number of fused-ring (bicyclic) bond motifs is 1. The monoisotopic (exact) mass is 659 g/mol. The predicted octanol–water partition coefficient (Wildman–Crippen LogP) is 0.833. The van der Waals surface area contributed by atoms with Crippen molar-refractivity contribution in [2.75, 3.05) is 33.6 Å². The van der Waals surface area contributed by atoms with Crippen molar-refractivity contribution in [3.63, 3.8) is 0 Å². The quantitative estimate of drug-likeness (QED) is 0.164. The maximum Gasteiger partial charge on any atom is 0.327 e. The lowest BCUT2D eigenvalue weighted by molar-refractivity contribution is -0.149. The molecule has 0 saturated carbocycles. The van der Waals surface area contributed by atoms with Crippen molar-refractivity contribution in [1.29, 1.82) is 0 Å². The number of hydrogen-bond acceptors (Lipinski definition) is 14. The standard InChI is InChI=1S/C25H38N7O10PS/c1-12(2)41-22(35)13(3)29-43(38,44-10-15-21(34)31(7)24(36)30(15)6)40-9-16-18(33)25(5,37)23(42-16)32-11-26-17-19(32)27-14(4)28-20(17)39-8/h11-13,15-16,18,23,33,37H,9-10H2,1-8H3,(H,29,38)/t13?,15?,16-,18-,23?,25-,43?/m1/s1. The summed E-state index contributed by atoms with van der Waals surface area (Å²) in [5, 5.41) is 25.1. The predicted molar refractivity (Wildman–Crippen MR) is 157 cm³/mol. The normalized spacial score (nSPS) is 27.8. The fourth-order valence-electron chi connectivity index (χ4n) is 4.80. The number of urea groups is 1. The Hall–Kier alpha value is -2.86. The molecule has 44 heavy (non-hydrogen) atoms. The molecule has 4 unspecified atom stereocenters. The number of aromatic nitrogens is 4. The topological polar surface area (TPSA) is 208 Å². The SMILES string of the molecule is COc1nc(C)nc2c1ncn2C1O[C@H](COP(=O)(NC(C)C(=O)OC(C)C)SCC2C(=O)N(C)C(=O)N2C)[C@@H](O)[C@@]1(C)O. The van der Waals surface area contributed by atoms with Gasteiger partial charge in [-0.2, -0.15) is 4.98 Å². The molecule has 19 heteroatoms. The first kappa shape index (κ1) is 34.0. The Morgan fingerprint density at radius 2 is 1.95 bits per heavy atom. The van der Waals surface area contributed by atoms with E-state index < -0.39 is 73.5 Å². The molecule has 2 aromatic rings. The summed E-state index contributed by atoms with van der Waals surface area (Å²) in [6.45, 7) is 3.25. The zero-order valence-corrected chi connectivity index (χ0v) is 27.4. The van der Waals surface area contributed by atoms with Crippen LogP contribution < -0.4 is 9.82 Å². The minimum Gasteiger partial charge on any atom is -0.479 e. The van der Waals surface area contributed by atoms with Crippen LogP contribution in [0.15, 0.2) is 6.33 Å². The molecule has 17 nitrogen and oxygen atoms in total. The van der Waals surface area contributed by atoms with Gasteiger partial charge in [-0.05, 0) is 34.6 Å². The van der Waals surface area contributed by atoms with Gasteiger partial charge in [-0.15, -0.1) is 0 Å². The number of nitrogens with zero attached hydrogens (tertiary/aromatic N) is 6. The van der Waals surface area contributed by atoms with Crippen LogP contribution in [-0.2, 0) is 28.2 Å². The number of carbonyl (C=O) groups excluding carboxylic acids is 3. The van der Waals surface area contributed by atoms with Gasteiger partial charge in [0, 0.05) is 19.8 Å². The molecular weight excluding hydrogens is 621 g/mol. The van der Waals surface area contributed by atoms with Crippen LogP contribution in [0.5, 0.6) is 5.88 Å². The van der Waals surface area contributed by atoms with Crippen LogP contribution in [0.1, 0.15) is 39.7 Å². The van der Waals surface area contributed by atoms with E-state index in [4.69, 9.17) is 18.7 Å². The number of aliphatic hydroxyl groups excluding tert-OH is 1. The maximum absolute atomic E-state index is 14.1. The van der Waals surface area contributed by atoms with Crippen molar-refractivity contribution in [2.45, 2.75) is 76.8 Å². The zero-order valence-electron chi connectivity index (χ0n) is 25.7. The average molecular weight is 660 g/mol. The lowest BCUT2D eigenvalue weighted by Gasteiger charge is -2.27. The lowest BCUT2D eigenvalue weighted by Crippen LogP contribution is -2.44. The van der Waals surface area contributed by atoms with Gasteiger partial charge in [-0.25, -0.2) is 19.8 Å². The van der Waals surface area contributed by atoms with Gasteiger partial charge in [-0.1, -0.05) is 11.4 Å². The molecule has 2 aromatic heterocycles. The first-order chi connectivity index (χ1) is 20.5. The highest BCUT2D eigenvalue weighted by molar-refractivity contribution is 8.56. The average Bonchev–Trinajstić information content (AvgIpc) is 3.52. The number of imide groups is 1. The molecule has 0 radical (unpaired) electrons. The summed E-state index contributed by atoms with van der Waals surface area (Å²) in [6, 6.07) is -2.53. The van der Waals surface area contributed by atoms with Crippen LogP contribution in [0.25, 0.3) is 11.2 Å². The Bertz CT molecular complexity index is 1470. The maximum atomic E-state index is 14.1. The van der Waals surface area contributed by atoms with Crippen LogP contribution in [0.4, 0.5) is 4.79 Å². The Morgan fingerprint density at radius 1 is 1.27 bits per heavy atom. The summed E-state index contributed by atoms with van der Waals surface area (Å²) < 4.78 is 37.9. The van der Waals surface area contributed by atoms with Gasteiger partial charge in [0.1, 0.15) is 35.7 Å². The molecule has 7 atom stereocenters. The lowest BCUT2D eigenvalue weighted by atomic mass is 9.96. The number of amides is 3. The molecule has 2 saturated heterocycles. The Kier molecular flexibility index (Phi) is 9.95. The zero-order chi connectivity index (χ0) is 32.7. The number of ether oxygens (including phenoxy) is 3. The number of rotatable bonds is 12. The highest BCUT2D eigenvalue weighted by Crippen LogP contribution is 2.57. The van der Waals surface area contributed by atoms with Crippen molar-refractivity contribution >= 4 is 47.2 Å². The molecule has 0 aliphatic carbocycles. The summed E-state index contributed by atoms with van der Waals surface area (Å²) in [5.41, 5.74) is -1.27. The molecule has 244 valence electrons. The van der Waals surface area contributed by atoms with Crippen LogP contribution in [0, 0.1) is 6.92 Å². The van der Waals surface area contributed by atoms with Gasteiger partial charge in [0.2, 0.25) is 5.88 Å². The summed E-state index contributed by atoms with van der Waals surface area (Å²) in [7, 11) is 4.23. The highest BCUT2D eigenvalue weighted by atomic mass is 32.7. The summed E-state index contributed by atoms with van der Waals surface area (Å²) in [5.74, 6) is -0.702. The molecule has 2 fully saturated rings. The number of hydrogen-bond donors (Lipinski definition) is 3. The van der Waals surface area contributed by atoms with E-state index in [-0.39, 0.29) is 11.6 Å². The molecule has 3 N–H and O–H groups in total. The number of carbonyl (C=O) groups is 3. The van der Waals surface area contributed by atoms with Crippen molar-refractivity contribution in [2.24, 2.45) is 0 Å². The molecule has 2 aliphatic heterocycles. The van der Waals surface area contributed by atoms with Crippen molar-refractivity contribution in [3.8, 4) is 5.88 Å². The smallest absolute Gasteiger partial charge is 0.327 e. The number of aryl methyl sites for hydroxylation is 1. The van der Waals surface area contributed by atoms with Crippen molar-refractivity contribution in [1.82, 2.24) is 34.4 Å². The van der Waals surface area contributed by atoms with Gasteiger partial charge in [0.05, 0.1) is 26.1 Å². The first-order valence-corrected chi connectivity index (χ1v) is 16.9. The second-order valence-electron chi connectivity index (χ2n) is 11.0. The summed E-state index contributed by atoms with van der Waals surface area (Å²) in [4.78, 5) is 52.4. The van der Waals surface area contributed by atoms with E-state index in [9.17, 15) is 29.2 Å². The highest BCUT2D eigenvalue weighted by Gasteiger charge is 2.54. The van der Waals surface area contributed by atoms with Crippen LogP contribution >= 0.6 is 18.1 Å². The largest absolute Gasteiger partial charge is 0.479 e. The van der Waals surface area contributed by atoms with Gasteiger partial charge in [0.15, 0.2) is 17.4 Å². The minimum absolute atomic E-state index is 0.127. The second kappa shape index (κ2) is 12.9. The number of aliphatic hydroxyl groups is 2. The van der Waals surface area contributed by atoms with Gasteiger partial charge in [0.25, 0.3) is 5.91 Å². The molecular formula is C25H38N7O10PS. The van der Waals surface area contributed by atoms with Crippen LogP contribution in [-0.4, -0.2) is 127 Å². The third kappa shape index (κ3) is 6.56. The fraction of sp³-hybridized carbons (Fsp3) is 0.680. The number of imidazole rings is 1. The second-order valence-corrected chi connectivity index (χ2v) is 15.4. The number of nitrogens with one attached hydrogen (secondary N) is 1. The van der Waals surface area contributed by atoms with Gasteiger partial charge in [-0.3, -0.25) is 23.6 Å². The Balaban J connectivity index is 1.55. The van der Waals surface area contributed by atoms with E-state index in [1.54, 1.807) is 20.8 Å². The molecule has 4 heterocycles. The van der Waals surface area contributed by atoms with Crippen LogP contribution in [0.3, 0.4) is 0 Å². The summed E-state index contributed by atoms with van der Waals surface area (Å²) >= 11 is 0.715. The number of likely N-dealkylation sites (N-methyl/N-ethyl adjacent to an activating group) is 2. The Morgan fingerprint density at radius 3 is 2.55 bits per heavy atom. The molecule has 0 spiro atoms. The van der Waals surface area contributed by atoms with Gasteiger partial charge >= 0.3 is 18.7 Å². The van der Waals surface area contributed by atoms with Crippen molar-refractivity contribution in [3.05, 3.63) is 12.2 Å². The fourth-order valence-corrected chi connectivity index (χ4v) is 8.77. The third-order valence-corrected chi connectivity index (χ3v) is 11.3. The first-order valence-electron chi connectivity index (χ1n) is 13.7. The molecule has 0 bridgehead atoms. The van der Waals surface area contributed by atoms with Gasteiger partial charge < -0.3 is 33.8 Å². The van der Waals surface area contributed by atoms with E-state index in [1.165, 1.54) is 50.8 Å². The Labute approximate surface area is 257 Å². The molecule has 3 amide bonds. The minimum atomic E-state index is -4.05. The van der Waals surface area contributed by atoms with Crippen LogP contribution in [0.2, 0.25) is 0 Å². The van der Waals surface area contributed by atoms with E-state index in [0.29, 0.717) is 28.4 Å². The molecule has 2 aliphatic rings.